The molecule has 24 heavy (non-hydrogen) atoms. The Hall–Kier alpha value is -2.84. The summed E-state index contributed by atoms with van der Waals surface area (Å²) in [6.07, 6.45) is 0.915. The average molecular weight is 332 g/mol. The zero-order valence-corrected chi connectivity index (χ0v) is 14.2. The minimum absolute atomic E-state index is 0.281. The summed E-state index contributed by atoms with van der Waals surface area (Å²) < 4.78 is 5.90. The Kier molecular flexibility index (Phi) is 3.58. The molecule has 9 nitrogen and oxygen atoms in total. The second kappa shape index (κ2) is 5.36. The van der Waals surface area contributed by atoms with E-state index in [1.807, 2.05) is 18.4 Å². The van der Waals surface area contributed by atoms with Crippen LogP contribution in [0.5, 0.6) is 0 Å². The van der Waals surface area contributed by atoms with Crippen LogP contribution >= 0.6 is 0 Å². The second-order valence-electron chi connectivity index (χ2n) is 5.94. The van der Waals surface area contributed by atoms with Crippen molar-refractivity contribution in [2.75, 3.05) is 0 Å². The molecular formula is C15H20N6O3. The maximum atomic E-state index is 12.8. The third-order valence-electron chi connectivity index (χ3n) is 4.39. The van der Waals surface area contributed by atoms with Crippen molar-refractivity contribution >= 4 is 22.8 Å². The highest BCUT2D eigenvalue weighted by Gasteiger charge is 2.22. The fourth-order valence-corrected chi connectivity index (χ4v) is 3.10. The number of fused-ring (bicyclic) bond motifs is 3. The van der Waals surface area contributed by atoms with Gasteiger partial charge in [0.25, 0.3) is 5.56 Å². The molecule has 9 heteroatoms. The fraction of sp³-hybridized carbons (Fsp3) is 0.467. The number of amides is 1. The van der Waals surface area contributed by atoms with Gasteiger partial charge in [-0.05, 0) is 20.3 Å². The van der Waals surface area contributed by atoms with Gasteiger partial charge >= 0.3 is 5.69 Å². The van der Waals surface area contributed by atoms with E-state index >= 15 is 0 Å². The average Bonchev–Trinajstić information content (AvgIpc) is 3.02. The number of hydrogen-bond acceptors (Lipinski definition) is 4. The lowest BCUT2D eigenvalue weighted by atomic mass is 10.3. The van der Waals surface area contributed by atoms with E-state index in [0.29, 0.717) is 11.4 Å². The van der Waals surface area contributed by atoms with Gasteiger partial charge in [0.15, 0.2) is 11.2 Å². The minimum atomic E-state index is -0.745. The van der Waals surface area contributed by atoms with Crippen LogP contribution in [0.15, 0.2) is 9.59 Å². The third kappa shape index (κ3) is 2.00. The molecule has 3 aromatic rings. The maximum absolute atomic E-state index is 12.8. The molecule has 0 saturated carbocycles. The number of aryl methyl sites for hydroxylation is 3. The van der Waals surface area contributed by atoms with Crippen LogP contribution in [0.2, 0.25) is 0 Å². The molecule has 0 fully saturated rings. The number of nitrogens with zero attached hydrogens (tertiary/aromatic N) is 5. The van der Waals surface area contributed by atoms with Crippen molar-refractivity contribution in [1.29, 1.82) is 0 Å². The summed E-state index contributed by atoms with van der Waals surface area (Å²) in [5.74, 6) is -0.128. The minimum Gasteiger partial charge on any atom is -0.368 e. The first-order valence-corrected chi connectivity index (χ1v) is 7.75. The van der Waals surface area contributed by atoms with Crippen LogP contribution in [0.25, 0.3) is 16.9 Å². The number of carbonyl (C=O) groups excluding carboxylic acids is 1. The normalized spacial score (nSPS) is 11.7. The summed E-state index contributed by atoms with van der Waals surface area (Å²) >= 11 is 0. The number of rotatable bonds is 4. The lowest BCUT2D eigenvalue weighted by molar-refractivity contribution is -0.118. The van der Waals surface area contributed by atoms with E-state index in [0.717, 1.165) is 28.9 Å². The van der Waals surface area contributed by atoms with Crippen LogP contribution in [0, 0.1) is 13.8 Å². The number of imidazole rings is 2. The molecule has 3 heterocycles. The van der Waals surface area contributed by atoms with Crippen molar-refractivity contribution in [3.8, 4) is 0 Å². The Morgan fingerprint density at radius 1 is 1.17 bits per heavy atom. The Bertz CT molecular complexity index is 1090. The number of carbonyl (C=O) groups is 1. The first kappa shape index (κ1) is 16.0. The van der Waals surface area contributed by atoms with Gasteiger partial charge in [-0.3, -0.25) is 18.6 Å². The number of nitrogens with two attached hydrogens (primary N) is 1. The molecule has 0 atom stereocenters. The Morgan fingerprint density at radius 3 is 2.42 bits per heavy atom. The predicted molar refractivity (Wildman–Crippen MR) is 89.1 cm³/mol. The quantitative estimate of drug-likeness (QED) is 0.705. The van der Waals surface area contributed by atoms with Gasteiger partial charge in [0.05, 0.1) is 0 Å². The van der Waals surface area contributed by atoms with E-state index in [4.69, 9.17) is 5.73 Å². The Labute approximate surface area is 136 Å². The van der Waals surface area contributed by atoms with E-state index in [-0.39, 0.29) is 5.52 Å². The SMILES string of the molecule is CCCn1c(C)c(C)n2c3c(=O)n(CC(N)=O)c(=O)n(C)c3nc12. The van der Waals surface area contributed by atoms with E-state index in [1.165, 1.54) is 11.6 Å². The van der Waals surface area contributed by atoms with Crippen molar-refractivity contribution in [2.24, 2.45) is 12.8 Å². The second-order valence-corrected chi connectivity index (χ2v) is 5.94. The first-order chi connectivity index (χ1) is 11.3. The molecule has 0 saturated heterocycles. The highest BCUT2D eigenvalue weighted by Crippen LogP contribution is 2.20. The molecule has 0 bridgehead atoms. The summed E-state index contributed by atoms with van der Waals surface area (Å²) in [7, 11) is 1.53. The van der Waals surface area contributed by atoms with Gasteiger partial charge in [-0.25, -0.2) is 9.36 Å². The van der Waals surface area contributed by atoms with Crippen LogP contribution in [0.1, 0.15) is 24.7 Å². The van der Waals surface area contributed by atoms with Crippen molar-refractivity contribution in [3.63, 3.8) is 0 Å². The van der Waals surface area contributed by atoms with Crippen LogP contribution in [0.3, 0.4) is 0 Å². The molecule has 0 aromatic carbocycles. The zero-order chi connectivity index (χ0) is 17.8. The van der Waals surface area contributed by atoms with Crippen LogP contribution in [0.4, 0.5) is 0 Å². The van der Waals surface area contributed by atoms with Crippen LogP contribution in [-0.2, 0) is 24.9 Å². The smallest absolute Gasteiger partial charge is 0.332 e. The number of hydrogen-bond donors (Lipinski definition) is 1. The zero-order valence-electron chi connectivity index (χ0n) is 14.2. The third-order valence-corrected chi connectivity index (χ3v) is 4.39. The van der Waals surface area contributed by atoms with E-state index in [9.17, 15) is 14.4 Å². The van der Waals surface area contributed by atoms with E-state index < -0.39 is 23.7 Å². The highest BCUT2D eigenvalue weighted by atomic mass is 16.2. The highest BCUT2D eigenvalue weighted by molar-refractivity contribution is 5.77. The molecule has 0 aliphatic rings. The van der Waals surface area contributed by atoms with Gasteiger partial charge in [0.1, 0.15) is 6.54 Å². The van der Waals surface area contributed by atoms with Crippen molar-refractivity contribution < 1.29 is 4.79 Å². The number of primary amides is 1. The van der Waals surface area contributed by atoms with Crippen LogP contribution in [-0.4, -0.2) is 29.0 Å². The standard InChI is InChI=1S/C15H20N6O3/c1-5-6-19-8(2)9(3)21-11-12(17-14(19)21)18(4)15(24)20(13(11)23)7-10(16)22/h5-7H2,1-4H3,(H2,16,22). The van der Waals surface area contributed by atoms with E-state index in [1.54, 1.807) is 4.40 Å². The van der Waals surface area contributed by atoms with Crippen molar-refractivity contribution in [2.45, 2.75) is 40.3 Å². The lowest BCUT2D eigenvalue weighted by Crippen LogP contribution is -2.42. The molecule has 1 amide bonds. The summed E-state index contributed by atoms with van der Waals surface area (Å²) in [5, 5.41) is 0. The number of aromatic nitrogens is 5. The van der Waals surface area contributed by atoms with Crippen molar-refractivity contribution in [1.82, 2.24) is 23.1 Å². The summed E-state index contributed by atoms with van der Waals surface area (Å²) in [4.78, 5) is 40.9. The fourth-order valence-electron chi connectivity index (χ4n) is 3.10. The largest absolute Gasteiger partial charge is 0.368 e. The molecule has 3 rings (SSSR count). The van der Waals surface area contributed by atoms with Crippen LogP contribution < -0.4 is 17.0 Å². The molecule has 0 aliphatic heterocycles. The summed E-state index contributed by atoms with van der Waals surface area (Å²) in [6.45, 7) is 6.23. The molecular weight excluding hydrogens is 312 g/mol. The molecule has 2 N–H and O–H groups in total. The Morgan fingerprint density at radius 2 is 1.83 bits per heavy atom. The Balaban J connectivity index is 2.54. The lowest BCUT2D eigenvalue weighted by Gasteiger charge is -2.06. The van der Waals surface area contributed by atoms with Gasteiger partial charge in [-0.2, -0.15) is 4.98 Å². The summed E-state index contributed by atoms with van der Waals surface area (Å²) in [6, 6.07) is 0. The van der Waals surface area contributed by atoms with E-state index in [2.05, 4.69) is 11.9 Å². The molecule has 0 radical (unpaired) electrons. The van der Waals surface area contributed by atoms with Gasteiger partial charge in [-0.1, -0.05) is 6.92 Å². The summed E-state index contributed by atoms with van der Waals surface area (Å²) in [5.41, 5.74) is 6.47. The topological polar surface area (TPSA) is 109 Å². The first-order valence-electron chi connectivity index (χ1n) is 7.75. The van der Waals surface area contributed by atoms with Crippen molar-refractivity contribution in [3.05, 3.63) is 32.2 Å². The molecule has 3 aromatic heterocycles. The predicted octanol–water partition coefficient (Wildman–Crippen LogP) is -0.338. The molecule has 0 aliphatic carbocycles. The molecule has 128 valence electrons. The molecule has 0 unspecified atom stereocenters. The van der Waals surface area contributed by atoms with Gasteiger partial charge in [-0.15, -0.1) is 0 Å². The monoisotopic (exact) mass is 332 g/mol. The van der Waals surface area contributed by atoms with Gasteiger partial charge in [0, 0.05) is 25.0 Å². The maximum Gasteiger partial charge on any atom is 0.332 e. The van der Waals surface area contributed by atoms with Gasteiger partial charge < -0.3 is 10.3 Å². The van der Waals surface area contributed by atoms with Gasteiger partial charge in [0.2, 0.25) is 11.7 Å². The molecule has 0 spiro atoms.